The molecule has 5 aliphatic heterocycles. The lowest BCUT2D eigenvalue weighted by Crippen LogP contribution is -2.74. The maximum Gasteiger partial charge on any atom is 0.263 e. The van der Waals surface area contributed by atoms with Gasteiger partial charge in [-0.15, -0.1) is 0 Å². The lowest BCUT2D eigenvalue weighted by molar-refractivity contribution is -0.199. The number of pyridine rings is 1. The first-order valence-corrected chi connectivity index (χ1v) is 19.5. The van der Waals surface area contributed by atoms with E-state index in [4.69, 9.17) is 22.9 Å². The molecule has 1 saturated carbocycles. The van der Waals surface area contributed by atoms with Crippen LogP contribution in [-0.2, 0) is 16.1 Å². The number of likely N-dealkylation sites (tertiary alicyclic amines) is 1. The maximum absolute atomic E-state index is 13.8. The van der Waals surface area contributed by atoms with Crippen LogP contribution in [0.2, 0.25) is 5.02 Å². The molecule has 290 valence electrons. The summed E-state index contributed by atoms with van der Waals surface area (Å²) in [6, 6.07) is 11.9. The van der Waals surface area contributed by atoms with Gasteiger partial charge >= 0.3 is 0 Å². The van der Waals surface area contributed by atoms with E-state index >= 15 is 0 Å². The molecule has 4 fully saturated rings. The van der Waals surface area contributed by atoms with Gasteiger partial charge in [0.15, 0.2) is 0 Å². The smallest absolute Gasteiger partial charge is 0.263 e. The van der Waals surface area contributed by atoms with Crippen LogP contribution in [-0.4, -0.2) is 99.6 Å². The highest BCUT2D eigenvalue weighted by molar-refractivity contribution is 6.33. The Hall–Kier alpha value is -5.76. The third kappa shape index (κ3) is 5.86. The van der Waals surface area contributed by atoms with E-state index in [0.29, 0.717) is 40.4 Å². The third-order valence-electron chi connectivity index (χ3n) is 12.6. The van der Waals surface area contributed by atoms with Crippen LogP contribution in [0.3, 0.4) is 0 Å². The minimum Gasteiger partial charge on any atom is -0.489 e. The van der Waals surface area contributed by atoms with Gasteiger partial charge in [-0.05, 0) is 48.4 Å². The van der Waals surface area contributed by atoms with Gasteiger partial charge in [0.25, 0.3) is 17.7 Å². The van der Waals surface area contributed by atoms with E-state index in [2.05, 4.69) is 64.5 Å². The quantitative estimate of drug-likeness (QED) is 0.214. The van der Waals surface area contributed by atoms with E-state index in [1.807, 2.05) is 23.1 Å². The van der Waals surface area contributed by atoms with Crippen LogP contribution in [0, 0.1) is 35.2 Å². The van der Waals surface area contributed by atoms with Crippen molar-refractivity contribution >= 4 is 52.6 Å². The molecule has 1 N–H and O–H groups in total. The molecule has 2 aromatic carbocycles. The van der Waals surface area contributed by atoms with Gasteiger partial charge in [0.1, 0.15) is 23.7 Å². The van der Waals surface area contributed by atoms with Crippen LogP contribution in [0.1, 0.15) is 82.7 Å². The van der Waals surface area contributed by atoms with Crippen molar-refractivity contribution in [3.05, 3.63) is 92.9 Å². The van der Waals surface area contributed by atoms with Gasteiger partial charge in [0, 0.05) is 85.3 Å². The Morgan fingerprint density at radius 3 is 2.35 bits per heavy atom. The summed E-state index contributed by atoms with van der Waals surface area (Å²) in [7, 11) is 0. The van der Waals surface area contributed by atoms with Crippen molar-refractivity contribution in [2.45, 2.75) is 71.3 Å². The number of rotatable bonds is 6. The summed E-state index contributed by atoms with van der Waals surface area (Å²) in [6.07, 6.45) is 1.40. The number of carbonyl (C=O) groups is 5. The Bertz CT molecular complexity index is 2400. The van der Waals surface area contributed by atoms with Gasteiger partial charge in [-0.2, -0.15) is 0 Å². The normalized spacial score (nSPS) is 25.1. The fourth-order valence-electron chi connectivity index (χ4n) is 10.1. The zero-order valence-electron chi connectivity index (χ0n) is 32.0. The molecule has 3 aromatic rings. The summed E-state index contributed by atoms with van der Waals surface area (Å²) in [6.45, 7) is 19.5. The van der Waals surface area contributed by atoms with Gasteiger partial charge in [0.05, 0.1) is 22.7 Å². The molecule has 13 nitrogen and oxygen atoms in total. The molecule has 1 aliphatic carbocycles. The van der Waals surface area contributed by atoms with Crippen molar-refractivity contribution in [1.29, 1.82) is 0 Å². The molecule has 1 unspecified atom stereocenters. The molecule has 57 heavy (non-hydrogen) atoms. The Morgan fingerprint density at radius 1 is 0.912 bits per heavy atom. The average Bonchev–Trinajstić information content (AvgIpc) is 3.57. The number of aromatic nitrogens is 1. The number of imide groups is 2. The Balaban J connectivity index is 0.783. The first-order valence-electron chi connectivity index (χ1n) is 19.2. The van der Waals surface area contributed by atoms with Crippen LogP contribution < -0.4 is 15.0 Å². The van der Waals surface area contributed by atoms with Crippen molar-refractivity contribution in [2.24, 2.45) is 16.7 Å². The average molecular weight is 786 g/mol. The van der Waals surface area contributed by atoms with E-state index in [-0.39, 0.29) is 58.8 Å². The molecule has 1 atom stereocenters. The van der Waals surface area contributed by atoms with Crippen LogP contribution in [0.4, 0.5) is 11.5 Å². The molecule has 3 saturated heterocycles. The number of nitrogens with zero attached hydrogens (tertiary/aromatic N) is 6. The lowest BCUT2D eigenvalue weighted by atomic mass is 9.49. The fraction of sp³-hybridized carbons (Fsp3) is 0.419. The second kappa shape index (κ2) is 13.2. The third-order valence-corrected chi connectivity index (χ3v) is 12.9. The summed E-state index contributed by atoms with van der Waals surface area (Å²) in [5.41, 5.74) is 2.65. The van der Waals surface area contributed by atoms with Crippen LogP contribution in [0.15, 0.2) is 48.7 Å². The number of ether oxygens (including phenoxy) is 1. The number of benzene rings is 2. The minimum atomic E-state index is -1.01. The number of piperidine rings is 1. The van der Waals surface area contributed by atoms with Crippen LogP contribution in [0.5, 0.6) is 5.75 Å². The molecule has 9 rings (SSSR count). The second-order valence-electron chi connectivity index (χ2n) is 17.1. The molecule has 0 spiro atoms. The highest BCUT2D eigenvalue weighted by Gasteiger charge is 2.67. The van der Waals surface area contributed by atoms with Gasteiger partial charge < -0.3 is 14.5 Å². The monoisotopic (exact) mass is 785 g/mol. The van der Waals surface area contributed by atoms with E-state index in [1.54, 1.807) is 24.3 Å². The SMILES string of the molecule is [C-]#[N+]c1ccc(OC2C(C)(C)C(N3Cc4cc(C#CC5CN(C6CN(c7cc8c(cn7)C(=O)N(C7CCC(=O)NC7=O)C8=O)C6)C5)ccc4C3=O)C2(C)C)cc1Cl. The molecule has 0 radical (unpaired) electrons. The molecule has 0 bridgehead atoms. The van der Waals surface area contributed by atoms with Gasteiger partial charge in [-0.25, -0.2) is 9.83 Å². The number of amides is 5. The van der Waals surface area contributed by atoms with E-state index in [1.165, 1.54) is 6.20 Å². The van der Waals surface area contributed by atoms with E-state index in [9.17, 15) is 24.0 Å². The number of nitrogens with one attached hydrogen (secondary N) is 1. The predicted molar refractivity (Wildman–Crippen MR) is 209 cm³/mol. The number of fused-ring (bicyclic) bond motifs is 2. The van der Waals surface area contributed by atoms with Crippen molar-refractivity contribution < 1.29 is 28.7 Å². The zero-order chi connectivity index (χ0) is 40.1. The maximum atomic E-state index is 13.8. The summed E-state index contributed by atoms with van der Waals surface area (Å²) in [5.74, 6) is 6.09. The van der Waals surface area contributed by atoms with E-state index < -0.39 is 29.7 Å². The van der Waals surface area contributed by atoms with Gasteiger partial charge in [-0.3, -0.25) is 39.1 Å². The van der Waals surface area contributed by atoms with Crippen molar-refractivity contribution in [3.63, 3.8) is 0 Å². The zero-order valence-corrected chi connectivity index (χ0v) is 32.7. The lowest BCUT2D eigenvalue weighted by Gasteiger charge is -2.65. The van der Waals surface area contributed by atoms with Crippen LogP contribution >= 0.6 is 11.6 Å². The summed E-state index contributed by atoms with van der Waals surface area (Å²) in [4.78, 5) is 79.3. The first kappa shape index (κ1) is 36.9. The van der Waals surface area contributed by atoms with Gasteiger partial charge in [0.2, 0.25) is 17.5 Å². The highest BCUT2D eigenvalue weighted by atomic mass is 35.5. The highest BCUT2D eigenvalue weighted by Crippen LogP contribution is 2.59. The summed E-state index contributed by atoms with van der Waals surface area (Å²) >= 11 is 6.29. The van der Waals surface area contributed by atoms with Gasteiger partial charge in [-0.1, -0.05) is 57.2 Å². The first-order chi connectivity index (χ1) is 27.1. The predicted octanol–water partition coefficient (Wildman–Crippen LogP) is 4.70. The Morgan fingerprint density at radius 2 is 1.65 bits per heavy atom. The minimum absolute atomic E-state index is 0.0205. The molecule has 6 aliphatic rings. The number of halogens is 1. The standard InChI is InChI=1S/C43H40ClN7O6/c1-42(2)40(43(3,4)41(42)57-27-9-11-32(45-5)31(44)15-27)50-20-25-14-23(8-10-28(25)37(50)54)6-7-24-18-48(19-24)26-21-49(22-26)34-16-29-30(17-46-34)39(56)51(38(29)55)33-12-13-35(52)47-36(33)53/h8-11,14-17,24,26,33,40-41H,12-13,18-22H2,1-4H3,(H,47,52,53). The number of carbonyl (C=O) groups excluding carboxylic acids is 5. The fourth-order valence-corrected chi connectivity index (χ4v) is 10.3. The summed E-state index contributed by atoms with van der Waals surface area (Å²) in [5, 5.41) is 2.57. The number of anilines is 1. The van der Waals surface area contributed by atoms with Crippen LogP contribution in [0.25, 0.3) is 4.85 Å². The Labute approximate surface area is 335 Å². The number of hydrogen-bond donors (Lipinski definition) is 1. The Kier molecular flexibility index (Phi) is 8.50. The van der Waals surface area contributed by atoms with Crippen molar-refractivity contribution in [1.82, 2.24) is 25.0 Å². The largest absolute Gasteiger partial charge is 0.489 e. The van der Waals surface area contributed by atoms with Crippen molar-refractivity contribution in [3.8, 4) is 17.6 Å². The number of hydrogen-bond acceptors (Lipinski definition) is 9. The molecule has 5 amide bonds. The summed E-state index contributed by atoms with van der Waals surface area (Å²) < 4.78 is 6.47. The molecular formula is C43H40ClN7O6. The van der Waals surface area contributed by atoms with Crippen molar-refractivity contribution in [2.75, 3.05) is 31.1 Å². The topological polar surface area (TPSA) is 137 Å². The molecule has 6 heterocycles. The molecular weight excluding hydrogens is 746 g/mol. The van der Waals surface area contributed by atoms with E-state index in [0.717, 1.165) is 42.2 Å². The molecule has 14 heteroatoms. The second-order valence-corrected chi connectivity index (χ2v) is 17.5. The molecule has 1 aromatic heterocycles.